The van der Waals surface area contributed by atoms with Gasteiger partial charge in [0, 0.05) is 35.3 Å². The highest BCUT2D eigenvalue weighted by atomic mass is 19.3. The molecule has 0 amide bonds. The number of carbonyl (C=O) groups excluding carboxylic acids is 1. The van der Waals surface area contributed by atoms with Gasteiger partial charge in [-0.25, -0.2) is 4.39 Å². The van der Waals surface area contributed by atoms with Crippen LogP contribution >= 0.6 is 0 Å². The number of fused-ring (bicyclic) bond motifs is 2. The van der Waals surface area contributed by atoms with Crippen LogP contribution in [0.3, 0.4) is 0 Å². The third-order valence-corrected chi connectivity index (χ3v) is 5.96. The van der Waals surface area contributed by atoms with Gasteiger partial charge >= 0.3 is 6.29 Å². The monoisotopic (exact) mass is 534 g/mol. The number of nitrogens with zero attached hydrogens (tertiary/aromatic N) is 1. The highest BCUT2D eigenvalue weighted by molar-refractivity contribution is 5.95. The number of Topliss-reactive ketones (excluding diaryl/α,β-unsaturated/α-hetero) is 1. The maximum Gasteiger partial charge on any atom is 0.586 e. The van der Waals surface area contributed by atoms with Crippen molar-refractivity contribution in [1.82, 2.24) is 4.57 Å². The van der Waals surface area contributed by atoms with E-state index in [1.165, 1.54) is 0 Å². The van der Waals surface area contributed by atoms with Crippen molar-refractivity contribution in [2.24, 2.45) is 0 Å². The summed E-state index contributed by atoms with van der Waals surface area (Å²) in [4.78, 5) is 14.1. The van der Waals surface area contributed by atoms with Crippen LogP contribution < -0.4 is 9.47 Å². The zero-order valence-electron chi connectivity index (χ0n) is 36.1. The van der Waals surface area contributed by atoms with Gasteiger partial charge in [-0.3, -0.25) is 4.79 Å². The van der Waals surface area contributed by atoms with E-state index in [1.54, 1.807) is 0 Å². The number of aromatic nitrogens is 1. The van der Waals surface area contributed by atoms with E-state index in [0.717, 1.165) is 12.1 Å². The Labute approximate surface area is 236 Å². The van der Waals surface area contributed by atoms with Crippen LogP contribution in [0, 0.1) is 5.82 Å². The lowest BCUT2D eigenvalue weighted by molar-refractivity contribution is -0.286. The fourth-order valence-corrected chi connectivity index (χ4v) is 3.87. The molecule has 1 aliphatic heterocycles. The van der Waals surface area contributed by atoms with Gasteiger partial charge in [0.15, 0.2) is 11.5 Å². The molecule has 3 aromatic rings. The summed E-state index contributed by atoms with van der Waals surface area (Å²) < 4.78 is 194. The summed E-state index contributed by atoms with van der Waals surface area (Å²) in [6.45, 7) is -10.7. The molecule has 2 atom stereocenters. The van der Waals surface area contributed by atoms with Crippen LogP contribution in [-0.2, 0) is 28.5 Å². The predicted octanol–water partition coefficient (Wildman–Crippen LogP) is 4.99. The van der Waals surface area contributed by atoms with Crippen LogP contribution in [0.15, 0.2) is 36.3 Å². The van der Waals surface area contributed by atoms with Gasteiger partial charge < -0.3 is 24.3 Å². The zero-order valence-corrected chi connectivity index (χ0v) is 19.1. The summed E-state index contributed by atoms with van der Waals surface area (Å²) in [5.41, 5.74) is -10.5. The molecule has 9 heteroatoms. The lowest BCUT2D eigenvalue weighted by atomic mass is 9.86. The maximum atomic E-state index is 16.4. The number of hydrogen-bond acceptors (Lipinski definition) is 5. The first-order valence-corrected chi connectivity index (χ1v) is 10.7. The van der Waals surface area contributed by atoms with Gasteiger partial charge in [-0.1, -0.05) is 26.8 Å². The highest BCUT2D eigenvalue weighted by Crippen LogP contribution is 2.52. The standard InChI is InChI=1S/C28H30F3NO5/c1-4-26(2,3)24-10-17-9-16(20(29)13-21(17)32(24)14-19(34)15-33)11-25(35)27(7-8-27)18-5-6-22-23(12-18)37-28(30,31)36-22/h5-6,9-10,12-13,19,33-34H,4,7-8,11,14-15H2,1-3H3/t19-/m0/s1/i2D3,4D2,7D2,8D2,9D,10D,13D,14D2,15D2,19D/t19-,26?. The van der Waals surface area contributed by atoms with E-state index in [4.69, 9.17) is 23.3 Å². The number of halogens is 3. The van der Waals surface area contributed by atoms with E-state index in [1.807, 2.05) is 0 Å². The molecule has 1 saturated carbocycles. The minimum atomic E-state index is -4.40. The average Bonchev–Trinajstić information content (AvgIpc) is 3.25. The zero-order chi connectivity index (χ0) is 41.7. The number of rotatable bonds is 9. The van der Waals surface area contributed by atoms with Crippen molar-refractivity contribution in [3.05, 3.63) is 59.0 Å². The van der Waals surface area contributed by atoms with E-state index in [2.05, 4.69) is 9.47 Å². The number of ketones is 1. The van der Waals surface area contributed by atoms with Gasteiger partial charge in [0.1, 0.15) is 11.6 Å². The molecule has 0 spiro atoms. The number of alkyl halides is 2. The highest BCUT2D eigenvalue weighted by Gasteiger charge is 2.52. The lowest BCUT2D eigenvalue weighted by Crippen LogP contribution is -2.26. The number of benzene rings is 2. The Bertz CT molecular complexity index is 2080. The van der Waals surface area contributed by atoms with Crippen molar-refractivity contribution in [1.29, 1.82) is 0 Å². The van der Waals surface area contributed by atoms with E-state index in [9.17, 15) is 23.8 Å². The summed E-state index contributed by atoms with van der Waals surface area (Å²) in [7, 11) is 0. The number of ether oxygens (including phenoxy) is 2. The summed E-state index contributed by atoms with van der Waals surface area (Å²) in [5, 5.41) is 19.7. The van der Waals surface area contributed by atoms with Gasteiger partial charge in [-0.05, 0) is 60.5 Å². The Morgan fingerprint density at radius 3 is 2.73 bits per heavy atom. The minimum absolute atomic E-state index is 0.226. The summed E-state index contributed by atoms with van der Waals surface area (Å²) in [6, 6.07) is -1.83. The Morgan fingerprint density at radius 2 is 2.08 bits per heavy atom. The van der Waals surface area contributed by atoms with Crippen molar-refractivity contribution in [2.75, 3.05) is 6.56 Å². The van der Waals surface area contributed by atoms with Crippen LogP contribution in [0.1, 0.15) is 79.9 Å². The quantitative estimate of drug-likeness (QED) is 0.405. The molecule has 198 valence electrons. The van der Waals surface area contributed by atoms with Gasteiger partial charge in [0.05, 0.1) is 41.0 Å². The Hall–Kier alpha value is -3.04. The molecule has 1 unspecified atom stereocenters. The summed E-state index contributed by atoms with van der Waals surface area (Å²) in [5.74, 6) is -4.74. The molecule has 1 aliphatic carbocycles. The van der Waals surface area contributed by atoms with E-state index >= 15 is 4.39 Å². The number of carbonyl (C=O) groups is 1. The SMILES string of the molecule is [2H]c1c(CC(=O)C2(c3ccc4c(c3)OC(F)(F)O4)C([2H])([2H])C2([2H])[2H])c(F)c([2H])c2c1c([2H])c(C(C)(C([2H])([2H])[2H])C([2H])([2H])C)n2C([2H])([2H])[C@]([2H])(O)C([2H])([2H])O. The van der Waals surface area contributed by atoms with Gasteiger partial charge in [-0.2, -0.15) is 0 Å². The molecule has 2 N–H and O–H groups in total. The second kappa shape index (κ2) is 8.77. The molecule has 2 aromatic carbocycles. The largest absolute Gasteiger partial charge is 0.586 e. The molecular weight excluding hydrogens is 487 g/mol. The maximum absolute atomic E-state index is 16.4. The molecule has 2 aliphatic rings. The molecule has 6 nitrogen and oxygen atoms in total. The van der Waals surface area contributed by atoms with Crippen LogP contribution in [-0.4, -0.2) is 39.5 Å². The summed E-state index contributed by atoms with van der Waals surface area (Å²) in [6.07, 6.45) is -19.4. The number of hydrogen-bond donors (Lipinski definition) is 2. The molecule has 0 saturated heterocycles. The minimum Gasteiger partial charge on any atom is -0.395 e. The molecule has 1 aromatic heterocycles. The molecule has 0 bridgehead atoms. The third kappa shape index (κ3) is 4.48. The number of aliphatic hydroxyl groups is 2. The van der Waals surface area contributed by atoms with Crippen LogP contribution in [0.5, 0.6) is 11.5 Å². The van der Waals surface area contributed by atoms with Gasteiger partial charge in [0.25, 0.3) is 0 Å². The molecule has 1 fully saturated rings. The van der Waals surface area contributed by atoms with Crippen molar-refractivity contribution < 1.29 is 61.0 Å². The van der Waals surface area contributed by atoms with Crippen molar-refractivity contribution in [3.8, 4) is 11.5 Å². The topological polar surface area (TPSA) is 80.9 Å². The molecule has 0 radical (unpaired) electrons. The van der Waals surface area contributed by atoms with Crippen molar-refractivity contribution in [3.63, 3.8) is 0 Å². The first-order valence-electron chi connectivity index (χ1n) is 19.2. The van der Waals surface area contributed by atoms with Crippen LogP contribution in [0.2, 0.25) is 0 Å². The van der Waals surface area contributed by atoms with Crippen molar-refractivity contribution >= 4 is 16.7 Å². The summed E-state index contributed by atoms with van der Waals surface area (Å²) >= 11 is 0. The second-order valence-corrected chi connectivity index (χ2v) is 8.45. The first kappa shape index (κ1) is 12.2. The van der Waals surface area contributed by atoms with Gasteiger partial charge in [-0.15, -0.1) is 8.78 Å². The van der Waals surface area contributed by atoms with Crippen molar-refractivity contribution in [2.45, 2.75) is 75.9 Å². The van der Waals surface area contributed by atoms with Gasteiger partial charge in [0.2, 0.25) is 0 Å². The average molecular weight is 535 g/mol. The lowest BCUT2D eigenvalue weighted by Gasteiger charge is -2.26. The predicted molar refractivity (Wildman–Crippen MR) is 131 cm³/mol. The van der Waals surface area contributed by atoms with Crippen LogP contribution in [0.25, 0.3) is 10.9 Å². The second-order valence-electron chi connectivity index (χ2n) is 8.45. The molecule has 2 heterocycles. The van der Waals surface area contributed by atoms with Crippen LogP contribution in [0.4, 0.5) is 13.2 Å². The fourth-order valence-electron chi connectivity index (χ4n) is 3.87. The Kier molecular flexibility index (Phi) is 2.89. The van der Waals surface area contributed by atoms with E-state index < -0.39 is 138 Å². The fraction of sp³-hybridized carbons (Fsp3) is 0.464. The van der Waals surface area contributed by atoms with E-state index in [0.29, 0.717) is 19.9 Å². The smallest absolute Gasteiger partial charge is 0.395 e. The Morgan fingerprint density at radius 1 is 1.35 bits per heavy atom. The third-order valence-electron chi connectivity index (χ3n) is 5.96. The molecule has 5 rings (SSSR count). The Balaban J connectivity index is 1.84. The molecular formula is C28H30F3NO5. The van der Waals surface area contributed by atoms with E-state index in [-0.39, 0.29) is 4.57 Å². The normalized spacial score (nSPS) is 31.4. The molecule has 37 heavy (non-hydrogen) atoms. The first-order chi connectivity index (χ1) is 23.9.